The second-order valence-corrected chi connectivity index (χ2v) is 8.54. The third-order valence-corrected chi connectivity index (χ3v) is 6.02. The average Bonchev–Trinajstić information content (AvgIpc) is 3.26. The molecule has 1 fully saturated rings. The Morgan fingerprint density at radius 3 is 2.68 bits per heavy atom. The van der Waals surface area contributed by atoms with Crippen LogP contribution in [0.2, 0.25) is 0 Å². The van der Waals surface area contributed by atoms with Crippen LogP contribution in [0.5, 0.6) is 0 Å². The first-order valence-electron chi connectivity index (χ1n) is 11.0. The van der Waals surface area contributed by atoms with E-state index in [1.165, 1.54) is 0 Å². The van der Waals surface area contributed by atoms with E-state index < -0.39 is 11.8 Å². The molecule has 174 valence electrons. The summed E-state index contributed by atoms with van der Waals surface area (Å²) in [5.74, 6) is -3.26. The van der Waals surface area contributed by atoms with Crippen LogP contribution in [-0.4, -0.2) is 42.6 Å². The molecule has 3 N–H and O–H groups in total. The Kier molecular flexibility index (Phi) is 5.43. The van der Waals surface area contributed by atoms with Crippen LogP contribution in [0, 0.1) is 0 Å². The highest BCUT2D eigenvalue weighted by molar-refractivity contribution is 5.98. The summed E-state index contributed by atoms with van der Waals surface area (Å²) in [5.41, 5.74) is 9.10. The van der Waals surface area contributed by atoms with E-state index in [9.17, 15) is 13.6 Å². The van der Waals surface area contributed by atoms with Crippen LogP contribution in [0.4, 0.5) is 14.6 Å². The molecule has 3 aromatic heterocycles. The molecule has 1 aliphatic carbocycles. The smallest absolute Gasteiger partial charge is 0.273 e. The van der Waals surface area contributed by atoms with Gasteiger partial charge in [0.15, 0.2) is 11.5 Å². The van der Waals surface area contributed by atoms with Gasteiger partial charge < -0.3 is 11.1 Å². The molecule has 3 heterocycles. The van der Waals surface area contributed by atoms with E-state index in [0.717, 1.165) is 16.5 Å². The number of nitrogens with one attached hydrogen (secondary N) is 1. The molecule has 1 aromatic carbocycles. The predicted molar refractivity (Wildman–Crippen MR) is 124 cm³/mol. The van der Waals surface area contributed by atoms with Crippen LogP contribution in [0.3, 0.4) is 0 Å². The zero-order valence-electron chi connectivity index (χ0n) is 18.5. The van der Waals surface area contributed by atoms with Crippen LogP contribution in [-0.2, 0) is 7.05 Å². The minimum absolute atomic E-state index is 0.0432. The highest BCUT2D eigenvalue weighted by atomic mass is 19.3. The van der Waals surface area contributed by atoms with Crippen molar-refractivity contribution in [3.63, 3.8) is 0 Å². The molecule has 1 saturated carbocycles. The van der Waals surface area contributed by atoms with Gasteiger partial charge in [-0.25, -0.2) is 18.7 Å². The Morgan fingerprint density at radius 2 is 1.94 bits per heavy atom. The number of aryl methyl sites for hydroxylation is 1. The van der Waals surface area contributed by atoms with Crippen molar-refractivity contribution in [1.82, 2.24) is 30.0 Å². The summed E-state index contributed by atoms with van der Waals surface area (Å²) in [7, 11) is 1.79. The maximum atomic E-state index is 13.5. The Hall–Kier alpha value is -3.95. The molecule has 0 unspecified atom stereocenters. The summed E-state index contributed by atoms with van der Waals surface area (Å²) in [4.78, 5) is 26.5. The predicted octanol–water partition coefficient (Wildman–Crippen LogP) is 3.98. The second-order valence-electron chi connectivity index (χ2n) is 8.54. The molecule has 0 atom stereocenters. The van der Waals surface area contributed by atoms with E-state index in [4.69, 9.17) is 5.73 Å². The summed E-state index contributed by atoms with van der Waals surface area (Å²) in [6.07, 6.45) is 3.38. The van der Waals surface area contributed by atoms with Crippen molar-refractivity contribution in [3.05, 3.63) is 54.5 Å². The van der Waals surface area contributed by atoms with E-state index >= 15 is 0 Å². The number of pyridine rings is 1. The minimum Gasteiger partial charge on any atom is -0.382 e. The number of nitrogens with zero attached hydrogens (tertiary/aromatic N) is 5. The number of anilines is 1. The second kappa shape index (κ2) is 8.44. The Labute approximate surface area is 194 Å². The average molecular weight is 463 g/mol. The van der Waals surface area contributed by atoms with Crippen LogP contribution in [0.25, 0.3) is 33.5 Å². The highest BCUT2D eigenvalue weighted by Crippen LogP contribution is 2.34. The SMILES string of the molecule is Cn1ccc(-c2nc(N)c(C(=O)NC3CCC(F)(F)CC3)nc2-c2ccc3ncccc3c2)n1. The summed E-state index contributed by atoms with van der Waals surface area (Å²) in [5, 5.41) is 8.13. The molecule has 0 aliphatic heterocycles. The van der Waals surface area contributed by atoms with Gasteiger partial charge >= 0.3 is 0 Å². The Morgan fingerprint density at radius 1 is 1.15 bits per heavy atom. The normalized spacial score (nSPS) is 16.0. The van der Waals surface area contributed by atoms with Crippen molar-refractivity contribution >= 4 is 22.6 Å². The lowest BCUT2D eigenvalue weighted by atomic mass is 9.92. The first-order valence-corrected chi connectivity index (χ1v) is 11.0. The van der Waals surface area contributed by atoms with Crippen LogP contribution in [0.15, 0.2) is 48.8 Å². The summed E-state index contributed by atoms with van der Waals surface area (Å²) in [6.45, 7) is 0. The highest BCUT2D eigenvalue weighted by Gasteiger charge is 2.35. The molecule has 0 spiro atoms. The van der Waals surface area contributed by atoms with Crippen molar-refractivity contribution in [3.8, 4) is 22.6 Å². The number of carbonyl (C=O) groups is 1. The zero-order chi connectivity index (χ0) is 23.9. The number of benzene rings is 1. The van der Waals surface area contributed by atoms with E-state index in [1.54, 1.807) is 30.2 Å². The standard InChI is InChI=1S/C24H23F2N7O/c1-33-12-8-18(32-33)20-19(15-4-5-17-14(13-15)3-2-11-28-17)30-21(22(27)31-20)23(34)29-16-6-9-24(25,26)10-7-16/h2-5,8,11-13,16H,6-7,9-10H2,1H3,(H2,27,31)(H,29,34). The molecule has 0 bridgehead atoms. The van der Waals surface area contributed by atoms with Crippen molar-refractivity contribution in [2.45, 2.75) is 37.6 Å². The van der Waals surface area contributed by atoms with Gasteiger partial charge in [-0.15, -0.1) is 0 Å². The number of halogens is 2. The lowest BCUT2D eigenvalue weighted by molar-refractivity contribution is -0.0399. The topological polar surface area (TPSA) is 112 Å². The van der Waals surface area contributed by atoms with Crippen molar-refractivity contribution in [2.75, 3.05) is 5.73 Å². The Bertz CT molecular complexity index is 1380. The number of aromatic nitrogens is 5. The van der Waals surface area contributed by atoms with Gasteiger partial charge in [0.1, 0.15) is 11.4 Å². The molecular formula is C24H23F2N7O. The summed E-state index contributed by atoms with van der Waals surface area (Å²) < 4.78 is 28.6. The number of amides is 1. The number of rotatable bonds is 4. The quantitative estimate of drug-likeness (QED) is 0.474. The van der Waals surface area contributed by atoms with E-state index in [0.29, 0.717) is 17.1 Å². The van der Waals surface area contributed by atoms with Gasteiger partial charge in [-0.1, -0.05) is 12.1 Å². The van der Waals surface area contributed by atoms with Crippen molar-refractivity contribution in [1.29, 1.82) is 0 Å². The number of hydrogen-bond donors (Lipinski definition) is 2. The van der Waals surface area contributed by atoms with Crippen LogP contribution >= 0.6 is 0 Å². The number of nitrogens with two attached hydrogens (primary N) is 1. The van der Waals surface area contributed by atoms with Gasteiger partial charge in [0.25, 0.3) is 5.91 Å². The molecule has 10 heteroatoms. The van der Waals surface area contributed by atoms with Crippen molar-refractivity contribution in [2.24, 2.45) is 7.05 Å². The van der Waals surface area contributed by atoms with Gasteiger partial charge in [-0.3, -0.25) is 14.5 Å². The number of hydrogen-bond acceptors (Lipinski definition) is 6. The van der Waals surface area contributed by atoms with Gasteiger partial charge in [-0.05, 0) is 37.1 Å². The first-order chi connectivity index (χ1) is 16.3. The molecule has 8 nitrogen and oxygen atoms in total. The molecule has 4 aromatic rings. The minimum atomic E-state index is -2.68. The fourth-order valence-electron chi connectivity index (χ4n) is 4.20. The molecule has 34 heavy (non-hydrogen) atoms. The zero-order valence-corrected chi connectivity index (χ0v) is 18.5. The third kappa shape index (κ3) is 4.30. The number of alkyl halides is 2. The maximum Gasteiger partial charge on any atom is 0.273 e. The van der Waals surface area contributed by atoms with E-state index in [-0.39, 0.29) is 43.2 Å². The van der Waals surface area contributed by atoms with Crippen LogP contribution < -0.4 is 11.1 Å². The van der Waals surface area contributed by atoms with Crippen molar-refractivity contribution < 1.29 is 13.6 Å². The molecule has 5 rings (SSSR count). The summed E-state index contributed by atoms with van der Waals surface area (Å²) >= 11 is 0. The Balaban J connectivity index is 1.55. The number of carbonyl (C=O) groups excluding carboxylic acids is 1. The number of fused-ring (bicyclic) bond motifs is 1. The number of nitrogen functional groups attached to an aromatic ring is 1. The van der Waals surface area contributed by atoms with E-state index in [1.807, 2.05) is 30.3 Å². The van der Waals surface area contributed by atoms with Gasteiger partial charge in [0.05, 0.1) is 11.2 Å². The first kappa shape index (κ1) is 21.9. The maximum absolute atomic E-state index is 13.5. The third-order valence-electron chi connectivity index (χ3n) is 6.02. The molecule has 0 radical (unpaired) electrons. The molecule has 1 aliphatic rings. The summed E-state index contributed by atoms with van der Waals surface area (Å²) in [6, 6.07) is 10.8. The lowest BCUT2D eigenvalue weighted by Crippen LogP contribution is -2.41. The van der Waals surface area contributed by atoms with Gasteiger partial charge in [-0.2, -0.15) is 5.10 Å². The van der Waals surface area contributed by atoms with Crippen LogP contribution in [0.1, 0.15) is 36.2 Å². The lowest BCUT2D eigenvalue weighted by Gasteiger charge is -2.28. The molecule has 1 amide bonds. The molecular weight excluding hydrogens is 440 g/mol. The van der Waals surface area contributed by atoms with Gasteiger partial charge in [0, 0.05) is 49.3 Å². The van der Waals surface area contributed by atoms with E-state index in [2.05, 4.69) is 25.4 Å². The fourth-order valence-corrected chi connectivity index (χ4v) is 4.20. The fraction of sp³-hybridized carbons (Fsp3) is 0.292. The van der Waals surface area contributed by atoms with Gasteiger partial charge in [0.2, 0.25) is 5.92 Å². The monoisotopic (exact) mass is 463 g/mol. The largest absolute Gasteiger partial charge is 0.382 e. The molecule has 0 saturated heterocycles.